The van der Waals surface area contributed by atoms with Crippen LogP contribution in [0.15, 0.2) is 47.6 Å². The van der Waals surface area contributed by atoms with E-state index in [1.54, 1.807) is 49.4 Å². The Morgan fingerprint density at radius 3 is 2.53 bits per heavy atom. The molecule has 1 unspecified atom stereocenters. The fourth-order valence-corrected chi connectivity index (χ4v) is 3.03. The van der Waals surface area contributed by atoms with Crippen molar-refractivity contribution >= 4 is 24.0 Å². The minimum Gasteiger partial charge on any atom is -0.482 e. The maximum absolute atomic E-state index is 12.7. The molecule has 34 heavy (non-hydrogen) atoms. The minimum atomic E-state index is -0.797. The molecule has 0 spiro atoms. The van der Waals surface area contributed by atoms with Crippen LogP contribution in [0.25, 0.3) is 0 Å². The Morgan fingerprint density at radius 2 is 1.82 bits per heavy atom. The molecule has 2 aromatic rings. The van der Waals surface area contributed by atoms with Crippen molar-refractivity contribution in [1.82, 2.24) is 10.7 Å². The van der Waals surface area contributed by atoms with E-state index in [0.717, 1.165) is 0 Å². The van der Waals surface area contributed by atoms with Gasteiger partial charge in [0.05, 0.1) is 12.8 Å². The lowest BCUT2D eigenvalue weighted by Crippen LogP contribution is -2.48. The highest BCUT2D eigenvalue weighted by Crippen LogP contribution is 2.32. The van der Waals surface area contributed by atoms with Crippen molar-refractivity contribution in [2.45, 2.75) is 26.8 Å². The zero-order valence-corrected chi connectivity index (χ0v) is 19.2. The number of ether oxygens (including phenoxy) is 4. The Labute approximate surface area is 197 Å². The first-order chi connectivity index (χ1) is 16.4. The Balaban J connectivity index is 1.53. The molecule has 0 aromatic heterocycles. The van der Waals surface area contributed by atoms with E-state index >= 15 is 0 Å². The summed E-state index contributed by atoms with van der Waals surface area (Å²) in [4.78, 5) is 36.6. The largest absolute Gasteiger partial charge is 0.482 e. The summed E-state index contributed by atoms with van der Waals surface area (Å²) in [5, 5.41) is 6.71. The molecule has 1 atom stereocenters. The van der Waals surface area contributed by atoms with Crippen molar-refractivity contribution in [2.24, 2.45) is 11.0 Å². The van der Waals surface area contributed by atoms with Gasteiger partial charge >= 0.3 is 5.97 Å². The van der Waals surface area contributed by atoms with E-state index < -0.39 is 23.8 Å². The molecule has 0 fully saturated rings. The first-order valence-corrected chi connectivity index (χ1v) is 10.8. The summed E-state index contributed by atoms with van der Waals surface area (Å²) in [5.41, 5.74) is 3.52. The fourth-order valence-electron chi connectivity index (χ4n) is 3.03. The Bertz CT molecular complexity index is 1050. The summed E-state index contributed by atoms with van der Waals surface area (Å²) >= 11 is 0. The second-order valence-electron chi connectivity index (χ2n) is 7.66. The van der Waals surface area contributed by atoms with Crippen LogP contribution in [0.5, 0.6) is 17.2 Å². The van der Waals surface area contributed by atoms with Crippen molar-refractivity contribution in [3.8, 4) is 17.2 Å². The third kappa shape index (κ3) is 6.71. The van der Waals surface area contributed by atoms with Crippen LogP contribution in [-0.4, -0.2) is 50.0 Å². The van der Waals surface area contributed by atoms with Crippen molar-refractivity contribution < 1.29 is 33.3 Å². The molecule has 10 heteroatoms. The van der Waals surface area contributed by atoms with Crippen LogP contribution in [0, 0.1) is 5.92 Å². The van der Waals surface area contributed by atoms with Crippen LogP contribution >= 0.6 is 0 Å². The molecule has 10 nitrogen and oxygen atoms in total. The lowest BCUT2D eigenvalue weighted by molar-refractivity contribution is -0.145. The molecule has 2 N–H and O–H groups in total. The monoisotopic (exact) mass is 469 g/mol. The number of rotatable bonds is 10. The Kier molecular flexibility index (Phi) is 8.44. The van der Waals surface area contributed by atoms with Gasteiger partial charge in [0.15, 0.2) is 18.1 Å². The number of hydrazone groups is 1. The molecule has 0 bridgehead atoms. The van der Waals surface area contributed by atoms with E-state index in [0.29, 0.717) is 35.0 Å². The van der Waals surface area contributed by atoms with Crippen LogP contribution in [0.3, 0.4) is 0 Å². The number of carbonyl (C=O) groups excluding carboxylic acids is 3. The van der Waals surface area contributed by atoms with Gasteiger partial charge in [-0.25, -0.2) is 10.2 Å². The number of carbonyl (C=O) groups is 3. The van der Waals surface area contributed by atoms with Crippen molar-refractivity contribution in [2.75, 3.05) is 20.0 Å². The van der Waals surface area contributed by atoms with E-state index in [4.69, 9.17) is 18.9 Å². The number of nitrogens with zero attached hydrogens (tertiary/aromatic N) is 1. The van der Waals surface area contributed by atoms with Gasteiger partial charge in [-0.15, -0.1) is 0 Å². The average molecular weight is 469 g/mol. The lowest BCUT2D eigenvalue weighted by Gasteiger charge is -2.20. The van der Waals surface area contributed by atoms with Gasteiger partial charge in [0.1, 0.15) is 11.8 Å². The van der Waals surface area contributed by atoms with E-state index in [2.05, 4.69) is 15.8 Å². The molecular weight excluding hydrogens is 442 g/mol. The zero-order valence-electron chi connectivity index (χ0n) is 19.2. The molecule has 2 aromatic carbocycles. The van der Waals surface area contributed by atoms with Gasteiger partial charge in [0.25, 0.3) is 11.8 Å². The lowest BCUT2D eigenvalue weighted by atomic mass is 10.0. The molecule has 0 aliphatic carbocycles. The molecule has 2 amide bonds. The predicted molar refractivity (Wildman–Crippen MR) is 123 cm³/mol. The molecule has 0 radical (unpaired) electrons. The first-order valence-electron chi connectivity index (χ1n) is 10.8. The number of amides is 2. The van der Waals surface area contributed by atoms with Gasteiger partial charge in [-0.3, -0.25) is 9.59 Å². The maximum Gasteiger partial charge on any atom is 0.344 e. The zero-order chi connectivity index (χ0) is 24.5. The second-order valence-corrected chi connectivity index (χ2v) is 7.66. The first kappa shape index (κ1) is 24.6. The van der Waals surface area contributed by atoms with Crippen LogP contribution in [-0.2, 0) is 14.3 Å². The summed E-state index contributed by atoms with van der Waals surface area (Å²) in [6.45, 7) is 5.60. The SMILES string of the molecule is CCOC(=O)COc1ccc(C=NNC(=O)C(NC(=O)c2ccc3c(c2)OCO3)C(C)C)cc1. The second kappa shape index (κ2) is 11.7. The van der Waals surface area contributed by atoms with Crippen LogP contribution in [0.1, 0.15) is 36.7 Å². The highest BCUT2D eigenvalue weighted by atomic mass is 16.7. The van der Waals surface area contributed by atoms with Gasteiger partial charge < -0.3 is 24.3 Å². The summed E-state index contributed by atoms with van der Waals surface area (Å²) in [6.07, 6.45) is 1.46. The van der Waals surface area contributed by atoms with Gasteiger partial charge in [-0.2, -0.15) is 5.10 Å². The third-order valence-electron chi connectivity index (χ3n) is 4.80. The quantitative estimate of drug-likeness (QED) is 0.311. The van der Waals surface area contributed by atoms with Crippen molar-refractivity contribution in [3.05, 3.63) is 53.6 Å². The Morgan fingerprint density at radius 1 is 1.09 bits per heavy atom. The highest BCUT2D eigenvalue weighted by molar-refractivity contribution is 5.98. The van der Waals surface area contributed by atoms with Crippen molar-refractivity contribution in [3.63, 3.8) is 0 Å². The smallest absolute Gasteiger partial charge is 0.344 e. The predicted octanol–water partition coefficient (Wildman–Crippen LogP) is 2.26. The van der Waals surface area contributed by atoms with E-state index in [1.165, 1.54) is 6.21 Å². The minimum absolute atomic E-state index is 0.110. The normalized spacial score (nSPS) is 12.9. The molecule has 0 saturated heterocycles. The summed E-state index contributed by atoms with van der Waals surface area (Å²) in [6, 6.07) is 10.8. The van der Waals surface area contributed by atoms with E-state index in [1.807, 2.05) is 13.8 Å². The molecular formula is C24H27N3O7. The molecule has 1 aliphatic heterocycles. The highest BCUT2D eigenvalue weighted by Gasteiger charge is 2.25. The van der Waals surface area contributed by atoms with Crippen LogP contribution in [0.4, 0.5) is 0 Å². The summed E-state index contributed by atoms with van der Waals surface area (Å²) in [5.74, 6) is 0.0810. The molecule has 3 rings (SSSR count). The van der Waals surface area contributed by atoms with E-state index in [9.17, 15) is 14.4 Å². The molecule has 1 heterocycles. The maximum atomic E-state index is 12.7. The molecule has 180 valence electrons. The Hall–Kier alpha value is -4.08. The van der Waals surface area contributed by atoms with Crippen LogP contribution < -0.4 is 25.0 Å². The van der Waals surface area contributed by atoms with Crippen LogP contribution in [0.2, 0.25) is 0 Å². The fraction of sp³-hybridized carbons (Fsp3) is 0.333. The topological polar surface area (TPSA) is 125 Å². The number of nitrogens with one attached hydrogen (secondary N) is 2. The standard InChI is InChI=1S/C24H27N3O7/c1-4-31-21(28)13-32-18-8-5-16(6-9-18)12-25-27-24(30)22(15(2)3)26-23(29)17-7-10-19-20(11-17)34-14-33-19/h5-12,15,22H,4,13-14H2,1-3H3,(H,26,29)(H,27,30). The van der Waals surface area contributed by atoms with E-state index in [-0.39, 0.29) is 19.3 Å². The number of fused-ring (bicyclic) bond motifs is 1. The average Bonchev–Trinajstić information content (AvgIpc) is 3.29. The summed E-state index contributed by atoms with van der Waals surface area (Å²) < 4.78 is 20.7. The number of esters is 1. The third-order valence-corrected chi connectivity index (χ3v) is 4.80. The van der Waals surface area contributed by atoms with Gasteiger partial charge in [-0.1, -0.05) is 13.8 Å². The van der Waals surface area contributed by atoms with Gasteiger partial charge in [-0.05, 0) is 60.9 Å². The van der Waals surface area contributed by atoms with Gasteiger partial charge in [0.2, 0.25) is 6.79 Å². The van der Waals surface area contributed by atoms with Crippen molar-refractivity contribution in [1.29, 1.82) is 0 Å². The number of hydrogen-bond donors (Lipinski definition) is 2. The summed E-state index contributed by atoms with van der Waals surface area (Å²) in [7, 11) is 0. The molecule has 0 saturated carbocycles. The number of benzene rings is 2. The molecule has 1 aliphatic rings. The number of hydrogen-bond acceptors (Lipinski definition) is 8. The van der Waals surface area contributed by atoms with Gasteiger partial charge in [0, 0.05) is 5.56 Å².